The van der Waals surface area contributed by atoms with Crippen molar-refractivity contribution in [1.82, 2.24) is 15.0 Å². The average Bonchev–Trinajstić information content (AvgIpc) is 2.95. The molecule has 0 aliphatic heterocycles. The molecular formula is C17H16N4O2. The van der Waals surface area contributed by atoms with Crippen LogP contribution in [-0.2, 0) is 11.3 Å². The first-order chi connectivity index (χ1) is 11.2. The maximum atomic E-state index is 12.0. The lowest BCUT2D eigenvalue weighted by atomic mass is 10.3. The number of aryl methyl sites for hydroxylation is 1. The number of carbonyl (C=O) groups is 1. The number of carbonyl (C=O) groups excluding carboxylic acids is 1. The van der Waals surface area contributed by atoms with Crippen molar-refractivity contribution in [3.63, 3.8) is 0 Å². The summed E-state index contributed by atoms with van der Waals surface area (Å²) in [5.74, 6) is 1.32. The molecule has 0 fully saturated rings. The SMILES string of the molecule is Cc1cnnn1CC(=O)Nc1ccc(Oc2ccccc2)cc1. The molecule has 2 aromatic carbocycles. The number of ether oxygens (including phenoxy) is 1. The van der Waals surface area contributed by atoms with Gasteiger partial charge >= 0.3 is 0 Å². The van der Waals surface area contributed by atoms with Gasteiger partial charge in [0, 0.05) is 5.69 Å². The minimum Gasteiger partial charge on any atom is -0.457 e. The molecule has 0 radical (unpaired) electrons. The molecule has 3 aromatic rings. The van der Waals surface area contributed by atoms with E-state index in [1.807, 2.05) is 49.4 Å². The monoisotopic (exact) mass is 308 g/mol. The third-order valence-corrected chi connectivity index (χ3v) is 3.22. The first-order valence-corrected chi connectivity index (χ1v) is 7.18. The zero-order valence-electron chi connectivity index (χ0n) is 12.6. The third kappa shape index (κ3) is 3.94. The van der Waals surface area contributed by atoms with Gasteiger partial charge in [0.2, 0.25) is 5.91 Å². The molecule has 1 N–H and O–H groups in total. The standard InChI is InChI=1S/C17H16N4O2/c1-13-11-18-20-21(13)12-17(22)19-14-7-9-16(10-8-14)23-15-5-3-2-4-6-15/h2-11H,12H2,1H3,(H,19,22). The Hall–Kier alpha value is -3.15. The molecule has 1 heterocycles. The van der Waals surface area contributed by atoms with Crippen LogP contribution in [0.4, 0.5) is 5.69 Å². The first-order valence-electron chi connectivity index (χ1n) is 7.18. The minimum absolute atomic E-state index is 0.133. The lowest BCUT2D eigenvalue weighted by molar-refractivity contribution is -0.117. The minimum atomic E-state index is -0.157. The molecule has 6 heteroatoms. The number of rotatable bonds is 5. The fourth-order valence-corrected chi connectivity index (χ4v) is 2.03. The zero-order valence-corrected chi connectivity index (χ0v) is 12.6. The molecule has 0 atom stereocenters. The molecule has 0 aliphatic carbocycles. The van der Waals surface area contributed by atoms with E-state index in [1.54, 1.807) is 23.0 Å². The maximum absolute atomic E-state index is 12.0. The molecule has 6 nitrogen and oxygen atoms in total. The lowest BCUT2D eigenvalue weighted by Crippen LogP contribution is -2.20. The molecule has 23 heavy (non-hydrogen) atoms. The van der Waals surface area contributed by atoms with Gasteiger partial charge in [-0.3, -0.25) is 4.79 Å². The van der Waals surface area contributed by atoms with Crippen LogP contribution in [0.1, 0.15) is 5.69 Å². The molecule has 3 rings (SSSR count). The van der Waals surface area contributed by atoms with Crippen LogP contribution in [0.5, 0.6) is 11.5 Å². The quantitative estimate of drug-likeness (QED) is 0.786. The van der Waals surface area contributed by atoms with Gasteiger partial charge in [0.1, 0.15) is 18.0 Å². The number of para-hydroxylation sites is 1. The number of aromatic nitrogens is 3. The van der Waals surface area contributed by atoms with E-state index in [1.165, 1.54) is 0 Å². The molecular weight excluding hydrogens is 292 g/mol. The normalized spacial score (nSPS) is 10.3. The second kappa shape index (κ2) is 6.74. The number of anilines is 1. The summed E-state index contributed by atoms with van der Waals surface area (Å²) >= 11 is 0. The summed E-state index contributed by atoms with van der Waals surface area (Å²) in [4.78, 5) is 12.0. The van der Waals surface area contributed by atoms with E-state index >= 15 is 0 Å². The summed E-state index contributed by atoms with van der Waals surface area (Å²) in [6, 6.07) is 16.7. The number of nitrogens with zero attached hydrogens (tertiary/aromatic N) is 3. The number of hydrogen-bond acceptors (Lipinski definition) is 4. The van der Waals surface area contributed by atoms with Crippen molar-refractivity contribution in [2.45, 2.75) is 13.5 Å². The Balaban J connectivity index is 1.59. The van der Waals surface area contributed by atoms with Gasteiger partial charge in [0.15, 0.2) is 0 Å². The summed E-state index contributed by atoms with van der Waals surface area (Å²) in [6.45, 7) is 1.98. The summed E-state index contributed by atoms with van der Waals surface area (Å²) in [7, 11) is 0. The fourth-order valence-electron chi connectivity index (χ4n) is 2.03. The van der Waals surface area contributed by atoms with Crippen LogP contribution in [0.25, 0.3) is 0 Å². The Kier molecular flexibility index (Phi) is 4.33. The predicted octanol–water partition coefficient (Wildman–Crippen LogP) is 3.02. The van der Waals surface area contributed by atoms with E-state index < -0.39 is 0 Å². The first kappa shape index (κ1) is 14.8. The highest BCUT2D eigenvalue weighted by Crippen LogP contribution is 2.22. The van der Waals surface area contributed by atoms with Gasteiger partial charge in [-0.15, -0.1) is 5.10 Å². The van der Waals surface area contributed by atoms with Crippen molar-refractivity contribution in [1.29, 1.82) is 0 Å². The molecule has 0 unspecified atom stereocenters. The summed E-state index contributed by atoms with van der Waals surface area (Å²) in [5.41, 5.74) is 1.54. The Morgan fingerprint density at radius 3 is 2.43 bits per heavy atom. The predicted molar refractivity (Wildman–Crippen MR) is 86.3 cm³/mol. The van der Waals surface area contributed by atoms with E-state index in [0.29, 0.717) is 11.4 Å². The van der Waals surface area contributed by atoms with Crippen LogP contribution >= 0.6 is 0 Å². The maximum Gasteiger partial charge on any atom is 0.246 e. The van der Waals surface area contributed by atoms with E-state index in [0.717, 1.165) is 11.4 Å². The highest BCUT2D eigenvalue weighted by Gasteiger charge is 2.07. The van der Waals surface area contributed by atoms with Crippen LogP contribution in [0.15, 0.2) is 60.8 Å². The second-order valence-electron chi connectivity index (χ2n) is 5.02. The number of nitrogens with one attached hydrogen (secondary N) is 1. The zero-order chi connectivity index (χ0) is 16.1. The van der Waals surface area contributed by atoms with Crippen LogP contribution in [0.2, 0.25) is 0 Å². The summed E-state index contributed by atoms with van der Waals surface area (Å²) in [6.07, 6.45) is 1.61. The van der Waals surface area contributed by atoms with E-state index in [4.69, 9.17) is 4.74 Å². The van der Waals surface area contributed by atoms with Gasteiger partial charge in [-0.2, -0.15) is 0 Å². The second-order valence-corrected chi connectivity index (χ2v) is 5.02. The molecule has 0 bridgehead atoms. The average molecular weight is 308 g/mol. The van der Waals surface area contributed by atoms with E-state index in [-0.39, 0.29) is 12.5 Å². The Morgan fingerprint density at radius 1 is 1.09 bits per heavy atom. The molecule has 116 valence electrons. The topological polar surface area (TPSA) is 69.0 Å². The fraction of sp³-hybridized carbons (Fsp3) is 0.118. The van der Waals surface area contributed by atoms with Gasteiger partial charge in [-0.05, 0) is 43.3 Å². The highest BCUT2D eigenvalue weighted by atomic mass is 16.5. The molecule has 1 amide bonds. The third-order valence-electron chi connectivity index (χ3n) is 3.22. The highest BCUT2D eigenvalue weighted by molar-refractivity contribution is 5.90. The van der Waals surface area contributed by atoms with Crippen LogP contribution in [0, 0.1) is 6.92 Å². The van der Waals surface area contributed by atoms with Gasteiger partial charge in [0.05, 0.1) is 11.9 Å². The largest absolute Gasteiger partial charge is 0.457 e. The van der Waals surface area contributed by atoms with E-state index in [9.17, 15) is 4.79 Å². The van der Waals surface area contributed by atoms with Crippen molar-refractivity contribution in [2.75, 3.05) is 5.32 Å². The van der Waals surface area contributed by atoms with Crippen molar-refractivity contribution >= 4 is 11.6 Å². The number of amides is 1. The van der Waals surface area contributed by atoms with Crippen LogP contribution in [-0.4, -0.2) is 20.9 Å². The van der Waals surface area contributed by atoms with Crippen molar-refractivity contribution in [3.8, 4) is 11.5 Å². The van der Waals surface area contributed by atoms with Crippen LogP contribution < -0.4 is 10.1 Å². The molecule has 1 aromatic heterocycles. The number of hydrogen-bond donors (Lipinski definition) is 1. The summed E-state index contributed by atoms with van der Waals surface area (Å²) < 4.78 is 7.25. The van der Waals surface area contributed by atoms with Crippen molar-refractivity contribution in [3.05, 3.63) is 66.5 Å². The van der Waals surface area contributed by atoms with Gasteiger partial charge in [0.25, 0.3) is 0 Å². The molecule has 0 aliphatic rings. The Bertz CT molecular complexity index is 782. The van der Waals surface area contributed by atoms with Gasteiger partial charge < -0.3 is 10.1 Å². The Morgan fingerprint density at radius 2 is 1.78 bits per heavy atom. The summed E-state index contributed by atoms with van der Waals surface area (Å²) in [5, 5.41) is 10.4. The Labute approximate surface area is 133 Å². The van der Waals surface area contributed by atoms with Crippen LogP contribution in [0.3, 0.4) is 0 Å². The molecule has 0 saturated carbocycles. The molecule has 0 saturated heterocycles. The van der Waals surface area contributed by atoms with Crippen molar-refractivity contribution < 1.29 is 9.53 Å². The smallest absolute Gasteiger partial charge is 0.246 e. The number of benzene rings is 2. The van der Waals surface area contributed by atoms with Gasteiger partial charge in [-0.1, -0.05) is 23.4 Å². The molecule has 0 spiro atoms. The van der Waals surface area contributed by atoms with Crippen molar-refractivity contribution in [2.24, 2.45) is 0 Å². The van der Waals surface area contributed by atoms with E-state index in [2.05, 4.69) is 15.6 Å². The lowest BCUT2D eigenvalue weighted by Gasteiger charge is -2.08. The van der Waals surface area contributed by atoms with Gasteiger partial charge in [-0.25, -0.2) is 4.68 Å².